The molecule has 2 rings (SSSR count). The molecule has 0 aliphatic heterocycles. The molecule has 2 aromatic carbocycles. The average molecular weight is 267 g/mol. The van der Waals surface area contributed by atoms with Crippen molar-refractivity contribution < 1.29 is 14.3 Å². The van der Waals surface area contributed by atoms with Gasteiger partial charge >= 0.3 is 5.97 Å². The van der Waals surface area contributed by atoms with Gasteiger partial charge in [-0.3, -0.25) is 0 Å². The Bertz CT molecular complexity index is 624. The number of rotatable bonds is 4. The Morgan fingerprint density at radius 1 is 1.10 bits per heavy atom. The Morgan fingerprint density at radius 2 is 1.75 bits per heavy atom. The van der Waals surface area contributed by atoms with Crippen molar-refractivity contribution in [1.82, 2.24) is 0 Å². The molecule has 20 heavy (non-hydrogen) atoms. The number of carbonyl (C=O) groups is 1. The summed E-state index contributed by atoms with van der Waals surface area (Å²) in [6.07, 6.45) is 0. The van der Waals surface area contributed by atoms with Gasteiger partial charge in [0.2, 0.25) is 0 Å². The molecule has 0 saturated heterocycles. The van der Waals surface area contributed by atoms with E-state index in [0.29, 0.717) is 23.6 Å². The zero-order valence-electron chi connectivity index (χ0n) is 11.0. The van der Waals surface area contributed by atoms with E-state index in [9.17, 15) is 4.79 Å². The first-order valence-corrected chi connectivity index (χ1v) is 6.00. The summed E-state index contributed by atoms with van der Waals surface area (Å²) >= 11 is 0. The first-order valence-electron chi connectivity index (χ1n) is 6.00. The summed E-state index contributed by atoms with van der Waals surface area (Å²) in [5.41, 5.74) is 2.05. The van der Waals surface area contributed by atoms with Gasteiger partial charge in [-0.25, -0.2) is 9.64 Å². The molecule has 0 bridgehead atoms. The molecule has 0 atom stereocenters. The fourth-order valence-electron chi connectivity index (χ4n) is 1.64. The van der Waals surface area contributed by atoms with Gasteiger partial charge in [0.05, 0.1) is 19.2 Å². The van der Waals surface area contributed by atoms with Crippen molar-refractivity contribution in [2.75, 3.05) is 7.11 Å². The Kier molecular flexibility index (Phi) is 4.35. The molecule has 0 unspecified atom stereocenters. The number of esters is 1. The Hall–Kier alpha value is -2.80. The number of benzene rings is 2. The summed E-state index contributed by atoms with van der Waals surface area (Å²) in [7, 11) is 1.35. The number of nitrogens with zero attached hydrogens (tertiary/aromatic N) is 1. The first-order chi connectivity index (χ1) is 9.72. The van der Waals surface area contributed by atoms with Gasteiger partial charge in [-0.15, -0.1) is 0 Å². The van der Waals surface area contributed by atoms with Crippen LogP contribution in [-0.4, -0.2) is 13.1 Å². The predicted molar refractivity (Wildman–Crippen MR) is 74.8 cm³/mol. The number of methoxy groups -OCH3 is 1. The zero-order chi connectivity index (χ0) is 14.4. The van der Waals surface area contributed by atoms with Gasteiger partial charge in [-0.2, -0.15) is 0 Å². The van der Waals surface area contributed by atoms with E-state index in [1.165, 1.54) is 7.11 Å². The number of hydrogen-bond donors (Lipinski definition) is 0. The van der Waals surface area contributed by atoms with Crippen LogP contribution in [0.1, 0.15) is 15.9 Å². The maximum atomic E-state index is 11.3. The fourth-order valence-corrected chi connectivity index (χ4v) is 1.64. The average Bonchev–Trinajstić information content (AvgIpc) is 2.53. The van der Waals surface area contributed by atoms with Crippen LogP contribution in [0.25, 0.3) is 4.85 Å². The smallest absolute Gasteiger partial charge is 0.337 e. The normalized spacial score (nSPS) is 9.60. The van der Waals surface area contributed by atoms with Crippen LogP contribution in [0, 0.1) is 6.57 Å². The molecule has 0 aliphatic rings. The maximum Gasteiger partial charge on any atom is 0.337 e. The molecular weight excluding hydrogens is 254 g/mol. The van der Waals surface area contributed by atoms with Crippen LogP contribution in [0.5, 0.6) is 5.75 Å². The first kappa shape index (κ1) is 13.6. The molecule has 0 aliphatic carbocycles. The van der Waals surface area contributed by atoms with E-state index in [1.54, 1.807) is 36.4 Å². The standard InChI is InChI=1S/C16H13NO3/c1-17-14-7-9-15(10-8-14)20-11-12-3-5-13(6-4-12)16(18)19-2/h3-10H,11H2,2H3. The molecule has 0 spiro atoms. The van der Waals surface area contributed by atoms with Crippen LogP contribution in [0.2, 0.25) is 0 Å². The molecule has 100 valence electrons. The summed E-state index contributed by atoms with van der Waals surface area (Å²) < 4.78 is 10.2. The van der Waals surface area contributed by atoms with Crippen LogP contribution in [0.15, 0.2) is 48.5 Å². The zero-order valence-corrected chi connectivity index (χ0v) is 11.0. The summed E-state index contributed by atoms with van der Waals surface area (Å²) in [6.45, 7) is 7.27. The van der Waals surface area contributed by atoms with Crippen molar-refractivity contribution in [3.63, 3.8) is 0 Å². The summed E-state index contributed by atoms with van der Waals surface area (Å²) in [4.78, 5) is 14.6. The van der Waals surface area contributed by atoms with Gasteiger partial charge in [0.15, 0.2) is 5.69 Å². The lowest BCUT2D eigenvalue weighted by Crippen LogP contribution is -2.01. The van der Waals surface area contributed by atoms with Crippen molar-refractivity contribution in [1.29, 1.82) is 0 Å². The molecule has 0 radical (unpaired) electrons. The van der Waals surface area contributed by atoms with Crippen molar-refractivity contribution in [2.45, 2.75) is 6.61 Å². The van der Waals surface area contributed by atoms with Gasteiger partial charge in [-0.05, 0) is 29.8 Å². The molecule has 0 aromatic heterocycles. The SMILES string of the molecule is [C-]#[N+]c1ccc(OCc2ccc(C(=O)OC)cc2)cc1. The van der Waals surface area contributed by atoms with Crippen molar-refractivity contribution in [3.8, 4) is 5.75 Å². The molecule has 2 aromatic rings. The van der Waals surface area contributed by atoms with Gasteiger partial charge in [0, 0.05) is 0 Å². The highest BCUT2D eigenvalue weighted by Gasteiger charge is 2.04. The third-order valence-electron chi connectivity index (χ3n) is 2.75. The lowest BCUT2D eigenvalue weighted by molar-refractivity contribution is 0.0600. The summed E-state index contributed by atoms with van der Waals surface area (Å²) in [5, 5.41) is 0. The molecule has 0 saturated carbocycles. The minimum atomic E-state index is -0.354. The Labute approximate surface area is 117 Å². The van der Waals surface area contributed by atoms with Crippen LogP contribution < -0.4 is 4.74 Å². The molecule has 0 amide bonds. The number of hydrogen-bond acceptors (Lipinski definition) is 3. The second-order valence-corrected chi connectivity index (χ2v) is 4.08. The van der Waals surface area contributed by atoms with Gasteiger partial charge in [-0.1, -0.05) is 24.3 Å². The van der Waals surface area contributed by atoms with E-state index < -0.39 is 0 Å². The van der Waals surface area contributed by atoms with E-state index in [0.717, 1.165) is 5.56 Å². The molecule has 0 heterocycles. The van der Waals surface area contributed by atoms with Crippen LogP contribution in [0.3, 0.4) is 0 Å². The molecule has 4 nitrogen and oxygen atoms in total. The highest BCUT2D eigenvalue weighted by atomic mass is 16.5. The second-order valence-electron chi connectivity index (χ2n) is 4.08. The second kappa shape index (κ2) is 6.39. The minimum Gasteiger partial charge on any atom is -0.489 e. The van der Waals surface area contributed by atoms with Crippen LogP contribution in [-0.2, 0) is 11.3 Å². The van der Waals surface area contributed by atoms with Crippen LogP contribution in [0.4, 0.5) is 5.69 Å². The van der Waals surface area contributed by atoms with Crippen LogP contribution >= 0.6 is 0 Å². The molecule has 0 fully saturated rings. The van der Waals surface area contributed by atoms with E-state index in [2.05, 4.69) is 9.58 Å². The number of ether oxygens (including phenoxy) is 2. The lowest BCUT2D eigenvalue weighted by atomic mass is 10.1. The maximum absolute atomic E-state index is 11.3. The highest BCUT2D eigenvalue weighted by molar-refractivity contribution is 5.89. The van der Waals surface area contributed by atoms with Gasteiger partial charge < -0.3 is 9.47 Å². The van der Waals surface area contributed by atoms with E-state index >= 15 is 0 Å². The molecule has 4 heteroatoms. The third-order valence-corrected chi connectivity index (χ3v) is 2.75. The Balaban J connectivity index is 1.96. The van der Waals surface area contributed by atoms with E-state index in [4.69, 9.17) is 11.3 Å². The lowest BCUT2D eigenvalue weighted by Gasteiger charge is -2.07. The minimum absolute atomic E-state index is 0.354. The van der Waals surface area contributed by atoms with E-state index in [-0.39, 0.29) is 5.97 Å². The van der Waals surface area contributed by atoms with Gasteiger partial charge in [0.1, 0.15) is 12.4 Å². The van der Waals surface area contributed by atoms with Crippen molar-refractivity contribution in [3.05, 3.63) is 71.1 Å². The highest BCUT2D eigenvalue weighted by Crippen LogP contribution is 2.19. The van der Waals surface area contributed by atoms with Gasteiger partial charge in [0.25, 0.3) is 0 Å². The number of carbonyl (C=O) groups excluding carboxylic acids is 1. The summed E-state index contributed by atoms with van der Waals surface area (Å²) in [6, 6.07) is 14.0. The quantitative estimate of drug-likeness (QED) is 0.627. The monoisotopic (exact) mass is 267 g/mol. The third kappa shape index (κ3) is 3.36. The fraction of sp³-hybridized carbons (Fsp3) is 0.125. The Morgan fingerprint density at radius 3 is 2.30 bits per heavy atom. The van der Waals surface area contributed by atoms with Crippen molar-refractivity contribution >= 4 is 11.7 Å². The summed E-state index contributed by atoms with van der Waals surface area (Å²) in [5.74, 6) is 0.349. The van der Waals surface area contributed by atoms with Crippen molar-refractivity contribution in [2.24, 2.45) is 0 Å². The topological polar surface area (TPSA) is 39.9 Å². The van der Waals surface area contributed by atoms with E-state index in [1.807, 2.05) is 12.1 Å². The predicted octanol–water partition coefficient (Wildman–Crippen LogP) is 3.60. The largest absolute Gasteiger partial charge is 0.489 e. The molecule has 0 N–H and O–H groups in total. The molecular formula is C16H13NO3.